The number of thioether (sulfide) groups is 1. The Kier molecular flexibility index (Phi) is 4.40. The van der Waals surface area contributed by atoms with Crippen LogP contribution in [0.2, 0.25) is 0 Å². The average Bonchev–Trinajstić information content (AvgIpc) is 2.86. The number of hydrogen-bond donors (Lipinski definition) is 2. The van der Waals surface area contributed by atoms with Crippen LogP contribution in [0.3, 0.4) is 0 Å². The summed E-state index contributed by atoms with van der Waals surface area (Å²) in [5.74, 6) is 0.801. The largest absolute Gasteiger partial charge is 0.384 e. The van der Waals surface area contributed by atoms with Crippen LogP contribution in [-0.4, -0.2) is 24.7 Å². The fourth-order valence-corrected chi connectivity index (χ4v) is 3.62. The normalized spacial score (nSPS) is 19.2. The van der Waals surface area contributed by atoms with Gasteiger partial charge in [0.25, 0.3) is 0 Å². The number of nitrogens with zero attached hydrogens (tertiary/aromatic N) is 1. The van der Waals surface area contributed by atoms with E-state index in [9.17, 15) is 0 Å². The third-order valence-corrected chi connectivity index (χ3v) is 4.65. The molecule has 1 heterocycles. The molecule has 1 atom stereocenters. The molecule has 1 aliphatic rings. The van der Waals surface area contributed by atoms with Gasteiger partial charge in [-0.1, -0.05) is 19.9 Å². The Morgan fingerprint density at radius 1 is 1.47 bits per heavy atom. The highest BCUT2D eigenvalue weighted by Crippen LogP contribution is 2.35. The van der Waals surface area contributed by atoms with Crippen LogP contribution in [0.4, 0.5) is 5.69 Å². The van der Waals surface area contributed by atoms with Crippen molar-refractivity contribution in [3.05, 3.63) is 23.8 Å². The summed E-state index contributed by atoms with van der Waals surface area (Å²) in [6, 6.07) is 6.79. The third kappa shape index (κ3) is 2.73. The second kappa shape index (κ2) is 5.87. The van der Waals surface area contributed by atoms with Crippen molar-refractivity contribution < 1.29 is 0 Å². The molecule has 1 fully saturated rings. The first-order chi connectivity index (χ1) is 9.06. The van der Waals surface area contributed by atoms with Gasteiger partial charge in [0, 0.05) is 23.2 Å². The van der Waals surface area contributed by atoms with Gasteiger partial charge in [0.05, 0.1) is 5.56 Å². The summed E-state index contributed by atoms with van der Waals surface area (Å²) < 4.78 is 0. The second-order valence-electron chi connectivity index (χ2n) is 5.42. The van der Waals surface area contributed by atoms with Gasteiger partial charge in [-0.3, -0.25) is 5.41 Å². The quantitative estimate of drug-likeness (QED) is 0.504. The van der Waals surface area contributed by atoms with Gasteiger partial charge < -0.3 is 10.6 Å². The zero-order chi connectivity index (χ0) is 14.0. The molecule has 0 aromatic heterocycles. The molecular formula is C15H23N3S. The Hall–Kier alpha value is -1.16. The molecule has 3 nitrogen and oxygen atoms in total. The summed E-state index contributed by atoms with van der Waals surface area (Å²) in [6.45, 7) is 5.62. The van der Waals surface area contributed by atoms with Gasteiger partial charge in [-0.15, -0.1) is 11.8 Å². The van der Waals surface area contributed by atoms with Crippen molar-refractivity contribution >= 4 is 23.3 Å². The molecule has 0 bridgehead atoms. The Labute approximate surface area is 120 Å². The fourth-order valence-electron chi connectivity index (χ4n) is 2.98. The van der Waals surface area contributed by atoms with Gasteiger partial charge in [0.2, 0.25) is 0 Å². The number of nitrogens with two attached hydrogens (primary N) is 1. The van der Waals surface area contributed by atoms with Crippen molar-refractivity contribution in [2.24, 2.45) is 11.7 Å². The molecule has 1 unspecified atom stereocenters. The van der Waals surface area contributed by atoms with Crippen LogP contribution in [-0.2, 0) is 0 Å². The Morgan fingerprint density at radius 2 is 2.21 bits per heavy atom. The minimum atomic E-state index is 0.175. The maximum Gasteiger partial charge on any atom is 0.126 e. The molecule has 104 valence electrons. The maximum atomic E-state index is 7.90. The molecule has 2 rings (SSSR count). The highest BCUT2D eigenvalue weighted by Gasteiger charge is 2.29. The lowest BCUT2D eigenvalue weighted by atomic mass is 10.0. The van der Waals surface area contributed by atoms with Gasteiger partial charge in [0.15, 0.2) is 0 Å². The highest BCUT2D eigenvalue weighted by molar-refractivity contribution is 7.98. The Morgan fingerprint density at radius 3 is 2.79 bits per heavy atom. The SMILES string of the molecule is CSc1cccc(N2CCCC2C(C)C)c1C(=N)N. The number of benzene rings is 1. The Balaban J connectivity index is 2.47. The number of anilines is 1. The minimum Gasteiger partial charge on any atom is -0.384 e. The summed E-state index contributed by atoms with van der Waals surface area (Å²) in [5.41, 5.74) is 7.86. The molecule has 0 radical (unpaired) electrons. The molecule has 1 aliphatic heterocycles. The summed E-state index contributed by atoms with van der Waals surface area (Å²) in [5, 5.41) is 7.90. The number of hydrogen-bond acceptors (Lipinski definition) is 3. The highest BCUT2D eigenvalue weighted by atomic mass is 32.2. The van der Waals surface area contributed by atoms with Crippen molar-refractivity contribution in [3.63, 3.8) is 0 Å². The molecule has 0 amide bonds. The Bertz CT molecular complexity index is 470. The van der Waals surface area contributed by atoms with Crippen molar-refractivity contribution in [2.75, 3.05) is 17.7 Å². The minimum absolute atomic E-state index is 0.175. The molecular weight excluding hydrogens is 254 g/mol. The molecule has 1 aromatic carbocycles. The monoisotopic (exact) mass is 277 g/mol. The molecule has 3 N–H and O–H groups in total. The van der Waals surface area contributed by atoms with E-state index in [1.165, 1.54) is 12.8 Å². The van der Waals surface area contributed by atoms with Gasteiger partial charge in [-0.2, -0.15) is 0 Å². The van der Waals surface area contributed by atoms with Crippen LogP contribution < -0.4 is 10.6 Å². The fraction of sp³-hybridized carbons (Fsp3) is 0.533. The maximum absolute atomic E-state index is 7.90. The van der Waals surface area contributed by atoms with Crippen LogP contribution in [0.1, 0.15) is 32.3 Å². The van der Waals surface area contributed by atoms with Crippen LogP contribution in [0.5, 0.6) is 0 Å². The van der Waals surface area contributed by atoms with Gasteiger partial charge in [-0.25, -0.2) is 0 Å². The smallest absolute Gasteiger partial charge is 0.126 e. The van der Waals surface area contributed by atoms with Crippen LogP contribution in [0.25, 0.3) is 0 Å². The molecule has 0 spiro atoms. The van der Waals surface area contributed by atoms with E-state index in [-0.39, 0.29) is 5.84 Å². The molecule has 1 saturated heterocycles. The number of nitrogens with one attached hydrogen (secondary N) is 1. The van der Waals surface area contributed by atoms with E-state index in [1.54, 1.807) is 11.8 Å². The van der Waals surface area contributed by atoms with Crippen LogP contribution in [0, 0.1) is 11.3 Å². The molecule has 0 saturated carbocycles. The molecule has 19 heavy (non-hydrogen) atoms. The van der Waals surface area contributed by atoms with E-state index in [2.05, 4.69) is 30.9 Å². The van der Waals surface area contributed by atoms with Crippen LogP contribution >= 0.6 is 11.8 Å². The number of amidine groups is 1. The number of rotatable bonds is 4. The van der Waals surface area contributed by atoms with Gasteiger partial charge in [0.1, 0.15) is 5.84 Å². The van der Waals surface area contributed by atoms with Gasteiger partial charge in [-0.05, 0) is 37.1 Å². The van der Waals surface area contributed by atoms with Gasteiger partial charge >= 0.3 is 0 Å². The number of nitrogen functional groups attached to an aromatic ring is 1. The zero-order valence-corrected chi connectivity index (χ0v) is 12.8. The predicted octanol–water partition coefficient (Wildman–Crippen LogP) is 3.32. The van der Waals surface area contributed by atoms with Crippen LogP contribution in [0.15, 0.2) is 23.1 Å². The summed E-state index contributed by atoms with van der Waals surface area (Å²) in [6.07, 6.45) is 4.50. The average molecular weight is 277 g/mol. The lowest BCUT2D eigenvalue weighted by molar-refractivity contribution is 0.491. The standard InChI is InChI=1S/C15H23N3S/c1-10(2)11-7-5-9-18(11)12-6-4-8-13(19-3)14(12)15(16)17/h4,6,8,10-11H,5,7,9H2,1-3H3,(H3,16,17). The molecule has 0 aliphatic carbocycles. The second-order valence-corrected chi connectivity index (χ2v) is 6.26. The van der Waals surface area contributed by atoms with Crippen molar-refractivity contribution in [1.29, 1.82) is 5.41 Å². The van der Waals surface area contributed by atoms with Crippen molar-refractivity contribution in [3.8, 4) is 0 Å². The summed E-state index contributed by atoms with van der Waals surface area (Å²) in [7, 11) is 0. The van der Waals surface area contributed by atoms with E-state index in [0.717, 1.165) is 22.7 Å². The third-order valence-electron chi connectivity index (χ3n) is 3.87. The lowest BCUT2D eigenvalue weighted by Crippen LogP contribution is -2.35. The van der Waals surface area contributed by atoms with Crippen molar-refractivity contribution in [1.82, 2.24) is 0 Å². The zero-order valence-electron chi connectivity index (χ0n) is 11.9. The van der Waals surface area contributed by atoms with Crippen molar-refractivity contribution in [2.45, 2.75) is 37.6 Å². The summed E-state index contributed by atoms with van der Waals surface area (Å²) >= 11 is 1.66. The molecule has 1 aromatic rings. The van der Waals surface area contributed by atoms with E-state index in [1.807, 2.05) is 12.3 Å². The van der Waals surface area contributed by atoms with E-state index in [4.69, 9.17) is 11.1 Å². The van der Waals surface area contributed by atoms with E-state index >= 15 is 0 Å². The van der Waals surface area contributed by atoms with E-state index in [0.29, 0.717) is 12.0 Å². The molecule has 4 heteroatoms. The first kappa shape index (κ1) is 14.3. The first-order valence-electron chi connectivity index (χ1n) is 6.84. The topological polar surface area (TPSA) is 53.1 Å². The van der Waals surface area contributed by atoms with E-state index < -0.39 is 0 Å². The summed E-state index contributed by atoms with van der Waals surface area (Å²) in [4.78, 5) is 3.54. The first-order valence-corrected chi connectivity index (χ1v) is 8.06. The lowest BCUT2D eigenvalue weighted by Gasteiger charge is -2.31. The predicted molar refractivity (Wildman–Crippen MR) is 84.4 cm³/mol.